The van der Waals surface area contributed by atoms with Crippen LogP contribution in [0.5, 0.6) is 0 Å². The van der Waals surface area contributed by atoms with Crippen molar-refractivity contribution in [2.75, 3.05) is 17.6 Å². The van der Waals surface area contributed by atoms with Gasteiger partial charge in [-0.25, -0.2) is 8.42 Å². The van der Waals surface area contributed by atoms with Gasteiger partial charge < -0.3 is 4.90 Å². The highest BCUT2D eigenvalue weighted by atomic mass is 32.2. The number of sulfonamides is 1. The maximum Gasteiger partial charge on any atom is 0.246 e. The van der Waals surface area contributed by atoms with E-state index in [1.165, 1.54) is 4.31 Å². The van der Waals surface area contributed by atoms with Gasteiger partial charge >= 0.3 is 0 Å². The number of nitrogens with zero attached hydrogens (tertiary/aromatic N) is 2. The van der Waals surface area contributed by atoms with Crippen LogP contribution in [0.15, 0.2) is 48.5 Å². The van der Waals surface area contributed by atoms with Crippen molar-refractivity contribution in [3.63, 3.8) is 0 Å². The molecule has 0 radical (unpaired) electrons. The minimum absolute atomic E-state index is 0.218. The minimum Gasteiger partial charge on any atom is -0.340 e. The van der Waals surface area contributed by atoms with E-state index in [4.69, 9.17) is 0 Å². The number of carbonyl (C=O) groups is 1. The Balaban J connectivity index is 2.30. The molecule has 0 bridgehead atoms. The number of rotatable bonds is 7. The standard InChI is InChI=1S/C21H28N2O3S/c1-6-20(21(24)22(4)15-18-11-7-16(2)8-12-18)23(27(5,25)26)19-13-9-17(3)10-14-19/h7-14,20H,6,15H2,1-5H3/t20-/m0/s1. The first-order valence-corrected chi connectivity index (χ1v) is 10.8. The summed E-state index contributed by atoms with van der Waals surface area (Å²) in [5.41, 5.74) is 3.70. The molecule has 1 atom stereocenters. The zero-order valence-electron chi connectivity index (χ0n) is 16.6. The molecule has 0 N–H and O–H groups in total. The molecule has 0 saturated carbocycles. The smallest absolute Gasteiger partial charge is 0.246 e. The van der Waals surface area contributed by atoms with Gasteiger partial charge in [-0.2, -0.15) is 0 Å². The summed E-state index contributed by atoms with van der Waals surface area (Å²) in [5.74, 6) is -0.218. The van der Waals surface area contributed by atoms with E-state index in [-0.39, 0.29) is 5.91 Å². The number of carbonyl (C=O) groups excluding carboxylic acids is 1. The molecule has 2 aromatic rings. The van der Waals surface area contributed by atoms with Gasteiger partial charge in [-0.3, -0.25) is 9.10 Å². The second kappa shape index (κ2) is 8.57. The van der Waals surface area contributed by atoms with E-state index in [0.29, 0.717) is 18.7 Å². The van der Waals surface area contributed by atoms with Crippen LogP contribution >= 0.6 is 0 Å². The van der Waals surface area contributed by atoms with Crippen LogP contribution in [-0.4, -0.2) is 38.6 Å². The number of hydrogen-bond acceptors (Lipinski definition) is 3. The summed E-state index contributed by atoms with van der Waals surface area (Å²) in [6.07, 6.45) is 1.53. The van der Waals surface area contributed by atoms with Gasteiger partial charge in [0.1, 0.15) is 6.04 Å². The van der Waals surface area contributed by atoms with Crippen LogP contribution in [0.4, 0.5) is 5.69 Å². The Morgan fingerprint density at radius 1 is 0.963 bits per heavy atom. The number of anilines is 1. The number of hydrogen-bond donors (Lipinski definition) is 0. The summed E-state index contributed by atoms with van der Waals surface area (Å²) < 4.78 is 26.2. The van der Waals surface area contributed by atoms with E-state index in [2.05, 4.69) is 0 Å². The predicted octanol–water partition coefficient (Wildman–Crippen LogP) is 3.51. The lowest BCUT2D eigenvalue weighted by atomic mass is 10.1. The maximum atomic E-state index is 13.1. The van der Waals surface area contributed by atoms with Crippen molar-refractivity contribution in [2.24, 2.45) is 0 Å². The molecule has 0 heterocycles. The zero-order valence-corrected chi connectivity index (χ0v) is 17.5. The number of amides is 1. The molecule has 0 aliphatic rings. The highest BCUT2D eigenvalue weighted by Crippen LogP contribution is 2.24. The Hall–Kier alpha value is -2.34. The molecule has 0 unspecified atom stereocenters. The van der Waals surface area contributed by atoms with Crippen LogP contribution in [0.25, 0.3) is 0 Å². The first-order chi connectivity index (χ1) is 12.6. The van der Waals surface area contributed by atoms with Crippen molar-refractivity contribution in [3.05, 3.63) is 65.2 Å². The van der Waals surface area contributed by atoms with Crippen molar-refractivity contribution in [2.45, 2.75) is 39.8 Å². The SMILES string of the molecule is CC[C@@H](C(=O)N(C)Cc1ccc(C)cc1)N(c1ccc(C)cc1)S(C)(=O)=O. The second-order valence-electron chi connectivity index (χ2n) is 7.00. The first kappa shape index (κ1) is 21.0. The van der Waals surface area contributed by atoms with Crippen LogP contribution in [0.2, 0.25) is 0 Å². The molecule has 0 spiro atoms. The Bertz CT molecular complexity index is 875. The fourth-order valence-corrected chi connectivity index (χ4v) is 4.24. The van der Waals surface area contributed by atoms with E-state index < -0.39 is 16.1 Å². The van der Waals surface area contributed by atoms with Gasteiger partial charge in [0.15, 0.2) is 0 Å². The third-order valence-electron chi connectivity index (χ3n) is 4.52. The van der Waals surface area contributed by atoms with Crippen LogP contribution < -0.4 is 4.31 Å². The van der Waals surface area contributed by atoms with E-state index in [9.17, 15) is 13.2 Å². The lowest BCUT2D eigenvalue weighted by Crippen LogP contribution is -2.49. The van der Waals surface area contributed by atoms with Crippen LogP contribution in [0.1, 0.15) is 30.0 Å². The van der Waals surface area contributed by atoms with Crippen molar-refractivity contribution in [3.8, 4) is 0 Å². The Morgan fingerprint density at radius 2 is 1.44 bits per heavy atom. The van der Waals surface area contributed by atoms with Gasteiger partial charge in [-0.1, -0.05) is 54.4 Å². The maximum absolute atomic E-state index is 13.1. The normalized spacial score (nSPS) is 12.5. The second-order valence-corrected chi connectivity index (χ2v) is 8.86. The lowest BCUT2D eigenvalue weighted by molar-refractivity contribution is -0.131. The van der Waals surface area contributed by atoms with Gasteiger partial charge in [0.25, 0.3) is 0 Å². The summed E-state index contributed by atoms with van der Waals surface area (Å²) >= 11 is 0. The Labute approximate surface area is 162 Å². The number of aryl methyl sites for hydroxylation is 2. The summed E-state index contributed by atoms with van der Waals surface area (Å²) in [4.78, 5) is 14.7. The molecule has 6 heteroatoms. The van der Waals surface area contributed by atoms with Gasteiger partial charge in [0.05, 0.1) is 11.9 Å². The monoisotopic (exact) mass is 388 g/mol. The molecule has 1 amide bonds. The summed E-state index contributed by atoms with van der Waals surface area (Å²) in [6.45, 7) is 6.21. The molecule has 0 fully saturated rings. The quantitative estimate of drug-likeness (QED) is 0.729. The molecule has 0 saturated heterocycles. The zero-order chi connectivity index (χ0) is 20.2. The van der Waals surface area contributed by atoms with Crippen LogP contribution in [-0.2, 0) is 21.4 Å². The third kappa shape index (κ3) is 5.32. The molecular weight excluding hydrogens is 360 g/mol. The van der Waals surface area contributed by atoms with E-state index >= 15 is 0 Å². The molecule has 5 nitrogen and oxygen atoms in total. The van der Waals surface area contributed by atoms with Crippen molar-refractivity contribution < 1.29 is 13.2 Å². The van der Waals surface area contributed by atoms with E-state index in [1.54, 1.807) is 24.1 Å². The molecule has 146 valence electrons. The Kier molecular flexibility index (Phi) is 6.65. The molecule has 0 aromatic heterocycles. The van der Waals surface area contributed by atoms with Gasteiger partial charge in [-0.15, -0.1) is 0 Å². The molecule has 2 aromatic carbocycles. The number of benzene rings is 2. The van der Waals surface area contributed by atoms with Gasteiger partial charge in [0.2, 0.25) is 15.9 Å². The highest BCUT2D eigenvalue weighted by molar-refractivity contribution is 7.92. The van der Waals surface area contributed by atoms with Crippen molar-refractivity contribution in [1.82, 2.24) is 4.90 Å². The summed E-state index contributed by atoms with van der Waals surface area (Å²) in [7, 11) is -1.90. The molecule has 0 aliphatic carbocycles. The Morgan fingerprint density at radius 3 is 1.89 bits per heavy atom. The predicted molar refractivity (Wildman–Crippen MR) is 110 cm³/mol. The van der Waals surface area contributed by atoms with E-state index in [0.717, 1.165) is 22.9 Å². The largest absolute Gasteiger partial charge is 0.340 e. The first-order valence-electron chi connectivity index (χ1n) is 9.00. The fourth-order valence-electron chi connectivity index (χ4n) is 3.03. The molecular formula is C21H28N2O3S. The highest BCUT2D eigenvalue weighted by Gasteiger charge is 2.33. The molecule has 27 heavy (non-hydrogen) atoms. The van der Waals surface area contributed by atoms with Gasteiger partial charge in [-0.05, 0) is 38.0 Å². The fraction of sp³-hybridized carbons (Fsp3) is 0.381. The minimum atomic E-state index is -3.61. The molecule has 0 aliphatic heterocycles. The molecule has 2 rings (SSSR count). The van der Waals surface area contributed by atoms with Crippen LogP contribution in [0, 0.1) is 13.8 Å². The lowest BCUT2D eigenvalue weighted by Gasteiger charge is -2.33. The summed E-state index contributed by atoms with van der Waals surface area (Å²) in [5, 5.41) is 0. The van der Waals surface area contributed by atoms with Crippen molar-refractivity contribution >= 4 is 21.6 Å². The van der Waals surface area contributed by atoms with E-state index in [1.807, 2.05) is 57.2 Å². The average Bonchev–Trinajstić information content (AvgIpc) is 2.61. The summed E-state index contributed by atoms with van der Waals surface area (Å²) in [6, 6.07) is 14.4. The topological polar surface area (TPSA) is 57.7 Å². The number of likely N-dealkylation sites (N-methyl/N-ethyl adjacent to an activating group) is 1. The van der Waals surface area contributed by atoms with Crippen molar-refractivity contribution in [1.29, 1.82) is 0 Å². The van der Waals surface area contributed by atoms with Crippen LogP contribution in [0.3, 0.4) is 0 Å². The van der Waals surface area contributed by atoms with Gasteiger partial charge in [0, 0.05) is 13.6 Å². The third-order valence-corrected chi connectivity index (χ3v) is 5.70. The average molecular weight is 389 g/mol.